The van der Waals surface area contributed by atoms with Crippen molar-refractivity contribution < 1.29 is 18.8 Å². The van der Waals surface area contributed by atoms with E-state index in [1.165, 1.54) is 33.5 Å². The first-order chi connectivity index (χ1) is 12.4. The fourth-order valence-corrected chi connectivity index (χ4v) is 6.37. The lowest BCUT2D eigenvalue weighted by Gasteiger charge is -2.21. The van der Waals surface area contributed by atoms with Gasteiger partial charge in [0.05, 0.1) is 14.2 Å². The van der Waals surface area contributed by atoms with Gasteiger partial charge in [-0.05, 0) is 24.5 Å². The molecular formula is C21H35O4P. The molecule has 1 aromatic rings. The lowest BCUT2D eigenvalue weighted by atomic mass is 10.1. The lowest BCUT2D eigenvalue weighted by molar-refractivity contribution is 0.106. The second-order valence-electron chi connectivity index (χ2n) is 7.30. The molecule has 0 fully saturated rings. The number of hydrogen-bond acceptors (Lipinski definition) is 4. The molecular weight excluding hydrogens is 347 g/mol. The van der Waals surface area contributed by atoms with Gasteiger partial charge in [-0.3, -0.25) is 4.79 Å². The Balaban J connectivity index is 3.01. The molecule has 0 bridgehead atoms. The normalized spacial score (nSPS) is 13.5. The molecule has 0 saturated carbocycles. The van der Waals surface area contributed by atoms with E-state index >= 15 is 0 Å². The van der Waals surface area contributed by atoms with Gasteiger partial charge in [-0.2, -0.15) is 0 Å². The second kappa shape index (κ2) is 11.4. The van der Waals surface area contributed by atoms with Crippen molar-refractivity contribution in [1.29, 1.82) is 0 Å². The van der Waals surface area contributed by atoms with Crippen molar-refractivity contribution in [2.45, 2.75) is 59.3 Å². The molecule has 1 aromatic carbocycles. The Morgan fingerprint density at radius 1 is 1.00 bits per heavy atom. The van der Waals surface area contributed by atoms with Gasteiger partial charge >= 0.3 is 0 Å². The number of benzene rings is 1. The number of unbranched alkanes of at least 4 members (excludes halogenated alkanes) is 5. The van der Waals surface area contributed by atoms with Crippen LogP contribution in [0.4, 0.5) is 0 Å². The van der Waals surface area contributed by atoms with Gasteiger partial charge in [-0.1, -0.05) is 58.9 Å². The first-order valence-electron chi connectivity index (χ1n) is 9.73. The fraction of sp³-hybridized carbons (Fsp3) is 0.667. The van der Waals surface area contributed by atoms with E-state index in [4.69, 9.17) is 9.47 Å². The maximum Gasteiger partial charge on any atom is 0.228 e. The van der Waals surface area contributed by atoms with Crippen molar-refractivity contribution in [3.63, 3.8) is 0 Å². The Labute approximate surface area is 159 Å². The largest absolute Gasteiger partial charge is 0.496 e. The minimum absolute atomic E-state index is 0.200. The zero-order valence-electron chi connectivity index (χ0n) is 17.0. The van der Waals surface area contributed by atoms with Gasteiger partial charge in [0.2, 0.25) is 5.52 Å². The molecule has 1 atom stereocenters. The van der Waals surface area contributed by atoms with Crippen molar-refractivity contribution in [2.75, 3.05) is 26.5 Å². The summed E-state index contributed by atoms with van der Waals surface area (Å²) in [6.45, 7) is 6.22. The topological polar surface area (TPSA) is 52.6 Å². The van der Waals surface area contributed by atoms with E-state index in [2.05, 4.69) is 6.92 Å². The van der Waals surface area contributed by atoms with Gasteiger partial charge in [0.1, 0.15) is 17.1 Å². The predicted molar refractivity (Wildman–Crippen MR) is 109 cm³/mol. The molecule has 0 aliphatic heterocycles. The van der Waals surface area contributed by atoms with Crippen LogP contribution in [-0.2, 0) is 4.57 Å². The van der Waals surface area contributed by atoms with Gasteiger partial charge in [0.25, 0.3) is 0 Å². The number of ether oxygens (including phenoxy) is 2. The van der Waals surface area contributed by atoms with Crippen LogP contribution in [0.1, 0.15) is 69.7 Å². The molecule has 1 rings (SSSR count). The summed E-state index contributed by atoms with van der Waals surface area (Å²) in [4.78, 5) is 13.3. The van der Waals surface area contributed by atoms with Crippen molar-refractivity contribution in [3.05, 3.63) is 23.8 Å². The van der Waals surface area contributed by atoms with Crippen LogP contribution >= 0.6 is 7.14 Å². The minimum Gasteiger partial charge on any atom is -0.496 e. The predicted octanol–water partition coefficient (Wildman–Crippen LogP) is 6.22. The highest BCUT2D eigenvalue weighted by Gasteiger charge is 2.36. The zero-order chi connectivity index (χ0) is 19.6. The van der Waals surface area contributed by atoms with Crippen molar-refractivity contribution in [1.82, 2.24) is 0 Å². The molecule has 0 N–H and O–H groups in total. The van der Waals surface area contributed by atoms with Gasteiger partial charge in [0, 0.05) is 12.3 Å². The number of hydrogen-bond donors (Lipinski definition) is 0. The number of methoxy groups -OCH3 is 2. The van der Waals surface area contributed by atoms with Crippen LogP contribution in [0.3, 0.4) is 0 Å². The van der Waals surface area contributed by atoms with E-state index in [0.717, 1.165) is 19.3 Å². The summed E-state index contributed by atoms with van der Waals surface area (Å²) in [6, 6.07) is 5.22. The average molecular weight is 382 g/mol. The number of rotatable bonds is 13. The van der Waals surface area contributed by atoms with E-state index in [-0.39, 0.29) is 11.4 Å². The third kappa shape index (κ3) is 6.46. The van der Waals surface area contributed by atoms with Gasteiger partial charge in [-0.25, -0.2) is 0 Å². The minimum atomic E-state index is -3.02. The number of carbonyl (C=O) groups excluding carboxylic acids is 1. The maximum absolute atomic E-state index is 13.7. The first kappa shape index (κ1) is 22.8. The van der Waals surface area contributed by atoms with E-state index in [9.17, 15) is 9.36 Å². The molecule has 0 aromatic heterocycles. The standard InChI is InChI=1S/C21H35O4P/c1-6-7-8-9-10-11-15-26(23,16-17(2)3)21(22)20-18(24-4)13-12-14-19(20)25-5/h12-14,17H,6-11,15-16H2,1-5H3. The van der Waals surface area contributed by atoms with Crippen LogP contribution in [0.25, 0.3) is 0 Å². The summed E-state index contributed by atoms with van der Waals surface area (Å²) in [5.41, 5.74) is 0.0292. The summed E-state index contributed by atoms with van der Waals surface area (Å²) in [5, 5.41) is 0. The van der Waals surface area contributed by atoms with Gasteiger partial charge < -0.3 is 14.0 Å². The number of carbonyl (C=O) groups is 1. The van der Waals surface area contributed by atoms with Gasteiger partial charge in [0.15, 0.2) is 7.14 Å². The molecule has 5 heteroatoms. The third-order valence-electron chi connectivity index (χ3n) is 4.54. The molecule has 0 saturated heterocycles. The zero-order valence-corrected chi connectivity index (χ0v) is 17.9. The highest BCUT2D eigenvalue weighted by atomic mass is 31.2. The third-order valence-corrected chi connectivity index (χ3v) is 7.87. The molecule has 0 amide bonds. The summed E-state index contributed by atoms with van der Waals surface area (Å²) in [7, 11) is 0.0178. The monoisotopic (exact) mass is 382 g/mol. The quantitative estimate of drug-likeness (QED) is 0.300. The smallest absolute Gasteiger partial charge is 0.228 e. The molecule has 1 unspecified atom stereocenters. The molecule has 0 spiro atoms. The molecule has 148 valence electrons. The van der Waals surface area contributed by atoms with Gasteiger partial charge in [-0.15, -0.1) is 0 Å². The summed E-state index contributed by atoms with van der Waals surface area (Å²) in [6.07, 6.45) is 7.55. The Hall–Kier alpha value is -1.28. The van der Waals surface area contributed by atoms with Crippen molar-refractivity contribution in [3.8, 4) is 11.5 Å². The van der Waals surface area contributed by atoms with Crippen molar-refractivity contribution in [2.24, 2.45) is 5.92 Å². The molecule has 0 heterocycles. The van der Waals surface area contributed by atoms with Crippen LogP contribution < -0.4 is 9.47 Å². The van der Waals surface area contributed by atoms with E-state index in [1.807, 2.05) is 13.8 Å². The van der Waals surface area contributed by atoms with E-state index in [1.54, 1.807) is 18.2 Å². The molecule has 0 aliphatic carbocycles. The molecule has 0 aliphatic rings. The molecule has 0 radical (unpaired) electrons. The summed E-state index contributed by atoms with van der Waals surface area (Å²) in [5.74, 6) is 1.06. The second-order valence-corrected chi connectivity index (χ2v) is 10.3. The highest BCUT2D eigenvalue weighted by Crippen LogP contribution is 2.53. The SMILES string of the molecule is CCCCCCCCP(=O)(CC(C)C)C(=O)c1c(OC)cccc1OC. The molecule has 26 heavy (non-hydrogen) atoms. The Bertz CT molecular complexity index is 588. The van der Waals surface area contributed by atoms with Crippen LogP contribution in [0.15, 0.2) is 18.2 Å². The molecule has 4 nitrogen and oxygen atoms in total. The van der Waals surface area contributed by atoms with Crippen LogP contribution in [0.5, 0.6) is 11.5 Å². The summed E-state index contributed by atoms with van der Waals surface area (Å²) < 4.78 is 24.4. The lowest BCUT2D eigenvalue weighted by Crippen LogP contribution is -2.13. The Morgan fingerprint density at radius 3 is 2.04 bits per heavy atom. The first-order valence-corrected chi connectivity index (χ1v) is 11.8. The van der Waals surface area contributed by atoms with Crippen LogP contribution in [0.2, 0.25) is 0 Å². The van der Waals surface area contributed by atoms with E-state index < -0.39 is 7.14 Å². The van der Waals surface area contributed by atoms with Crippen LogP contribution in [0, 0.1) is 5.92 Å². The Morgan fingerprint density at radius 2 is 1.54 bits per heavy atom. The Kier molecular flexibility index (Phi) is 10.0. The average Bonchev–Trinajstić information content (AvgIpc) is 2.62. The highest BCUT2D eigenvalue weighted by molar-refractivity contribution is 7.81. The fourth-order valence-electron chi connectivity index (χ4n) is 3.28. The van der Waals surface area contributed by atoms with Crippen LogP contribution in [-0.4, -0.2) is 32.1 Å². The van der Waals surface area contributed by atoms with E-state index in [0.29, 0.717) is 29.4 Å². The maximum atomic E-state index is 13.7. The summed E-state index contributed by atoms with van der Waals surface area (Å²) >= 11 is 0. The van der Waals surface area contributed by atoms with Crippen molar-refractivity contribution >= 4 is 12.7 Å².